The molecule has 0 radical (unpaired) electrons. The van der Waals surface area contributed by atoms with Crippen molar-refractivity contribution in [2.45, 2.75) is 39.2 Å². The maximum Gasteiger partial charge on any atom is 0.267 e. The van der Waals surface area contributed by atoms with E-state index in [0.29, 0.717) is 12.5 Å². The van der Waals surface area contributed by atoms with Gasteiger partial charge in [0.25, 0.3) is 5.56 Å². The van der Waals surface area contributed by atoms with E-state index < -0.39 is 0 Å². The third kappa shape index (κ3) is 2.97. The smallest absolute Gasteiger partial charge is 0.267 e. The Kier molecular flexibility index (Phi) is 3.88. The number of aromatic nitrogens is 5. The fraction of sp³-hybridized carbons (Fsp3) is 0.450. The van der Waals surface area contributed by atoms with E-state index in [9.17, 15) is 4.79 Å². The van der Waals surface area contributed by atoms with Gasteiger partial charge in [-0.2, -0.15) is 5.10 Å². The first-order chi connectivity index (χ1) is 13.2. The first-order valence-corrected chi connectivity index (χ1v) is 9.61. The van der Waals surface area contributed by atoms with Crippen molar-refractivity contribution in [1.29, 1.82) is 0 Å². The van der Waals surface area contributed by atoms with Crippen molar-refractivity contribution < 1.29 is 0 Å². The second-order valence-electron chi connectivity index (χ2n) is 7.58. The van der Waals surface area contributed by atoms with Crippen molar-refractivity contribution in [1.82, 2.24) is 24.7 Å². The van der Waals surface area contributed by atoms with E-state index in [4.69, 9.17) is 0 Å². The monoisotopic (exact) mass is 362 g/mol. The molecule has 5 rings (SSSR count). The first kappa shape index (κ1) is 16.4. The highest BCUT2D eigenvalue weighted by Gasteiger charge is 2.30. The molecule has 0 saturated carbocycles. The summed E-state index contributed by atoms with van der Waals surface area (Å²) in [6.07, 6.45) is 6.07. The standard InChI is InChI=1S/C20H22N6O/c1-13-22-19-16(6-4-8-21-19)20(23-13)25-10-14(11-25)12-26-18(27)9-15-5-2-3-7-17(15)24-26/h4,6,8-9,14H,2-3,5,7,10-12H2,1H3. The fourth-order valence-corrected chi connectivity index (χ4v) is 4.13. The van der Waals surface area contributed by atoms with E-state index in [2.05, 4.69) is 25.0 Å². The number of anilines is 1. The number of hydrogen-bond acceptors (Lipinski definition) is 6. The van der Waals surface area contributed by atoms with Crippen LogP contribution in [0.1, 0.15) is 29.9 Å². The molecule has 3 aromatic rings. The van der Waals surface area contributed by atoms with Crippen LogP contribution >= 0.6 is 0 Å². The Bertz CT molecular complexity index is 1070. The van der Waals surface area contributed by atoms with Gasteiger partial charge in [-0.3, -0.25) is 4.79 Å². The molecule has 7 nitrogen and oxygen atoms in total. The predicted molar refractivity (Wildman–Crippen MR) is 103 cm³/mol. The maximum atomic E-state index is 12.4. The highest BCUT2D eigenvalue weighted by atomic mass is 16.1. The molecule has 1 saturated heterocycles. The summed E-state index contributed by atoms with van der Waals surface area (Å²) in [4.78, 5) is 28.0. The molecular formula is C20H22N6O. The molecular weight excluding hydrogens is 340 g/mol. The minimum Gasteiger partial charge on any atom is -0.355 e. The van der Waals surface area contributed by atoms with Crippen LogP contribution in [0, 0.1) is 12.8 Å². The Morgan fingerprint density at radius 1 is 1.19 bits per heavy atom. The Balaban J connectivity index is 1.34. The van der Waals surface area contributed by atoms with E-state index in [-0.39, 0.29) is 5.56 Å². The summed E-state index contributed by atoms with van der Waals surface area (Å²) < 4.78 is 1.66. The highest BCUT2D eigenvalue weighted by Crippen LogP contribution is 2.29. The lowest BCUT2D eigenvalue weighted by Crippen LogP contribution is -2.50. The molecule has 1 aliphatic heterocycles. The molecule has 0 spiro atoms. The number of hydrogen-bond donors (Lipinski definition) is 0. The van der Waals surface area contributed by atoms with Crippen LogP contribution in [0.2, 0.25) is 0 Å². The van der Waals surface area contributed by atoms with Crippen LogP contribution in [0.3, 0.4) is 0 Å². The Labute approximate surface area is 157 Å². The van der Waals surface area contributed by atoms with Gasteiger partial charge in [0.1, 0.15) is 11.6 Å². The average molecular weight is 362 g/mol. The van der Waals surface area contributed by atoms with Gasteiger partial charge in [0.15, 0.2) is 5.65 Å². The summed E-state index contributed by atoms with van der Waals surface area (Å²) in [5, 5.41) is 5.62. The molecule has 7 heteroatoms. The minimum atomic E-state index is 0.0293. The van der Waals surface area contributed by atoms with Crippen molar-refractivity contribution >= 4 is 16.9 Å². The Hall–Kier alpha value is -2.83. The summed E-state index contributed by atoms with van der Waals surface area (Å²) in [5.74, 6) is 2.07. The van der Waals surface area contributed by atoms with Crippen molar-refractivity contribution in [2.24, 2.45) is 5.92 Å². The highest BCUT2D eigenvalue weighted by molar-refractivity contribution is 5.87. The van der Waals surface area contributed by atoms with Gasteiger partial charge in [0.2, 0.25) is 0 Å². The van der Waals surface area contributed by atoms with Gasteiger partial charge >= 0.3 is 0 Å². The third-order valence-electron chi connectivity index (χ3n) is 5.52. The second kappa shape index (κ2) is 6.40. The zero-order valence-electron chi connectivity index (χ0n) is 15.4. The van der Waals surface area contributed by atoms with Gasteiger partial charge in [0.05, 0.1) is 17.6 Å². The minimum absolute atomic E-state index is 0.0293. The molecule has 1 aliphatic carbocycles. The molecule has 2 aliphatic rings. The lowest BCUT2D eigenvalue weighted by molar-refractivity contribution is 0.330. The summed E-state index contributed by atoms with van der Waals surface area (Å²) in [6.45, 7) is 4.30. The number of rotatable bonds is 3. The summed E-state index contributed by atoms with van der Waals surface area (Å²) in [5.41, 5.74) is 3.02. The Morgan fingerprint density at radius 3 is 2.93 bits per heavy atom. The average Bonchev–Trinajstić information content (AvgIpc) is 2.64. The van der Waals surface area contributed by atoms with Gasteiger partial charge in [-0.05, 0) is 50.3 Å². The van der Waals surface area contributed by atoms with Gasteiger partial charge in [0, 0.05) is 31.3 Å². The normalized spacial score (nSPS) is 17.0. The number of pyridine rings is 1. The summed E-state index contributed by atoms with van der Waals surface area (Å²) >= 11 is 0. The third-order valence-corrected chi connectivity index (χ3v) is 5.52. The first-order valence-electron chi connectivity index (χ1n) is 9.61. The van der Waals surface area contributed by atoms with E-state index in [1.165, 1.54) is 6.42 Å². The zero-order chi connectivity index (χ0) is 18.4. The molecule has 0 bridgehead atoms. The van der Waals surface area contributed by atoms with Gasteiger partial charge in [-0.15, -0.1) is 0 Å². The largest absolute Gasteiger partial charge is 0.355 e. The van der Waals surface area contributed by atoms with E-state index >= 15 is 0 Å². The quantitative estimate of drug-likeness (QED) is 0.708. The molecule has 0 atom stereocenters. The van der Waals surface area contributed by atoms with Crippen LogP contribution in [0.4, 0.5) is 5.82 Å². The molecule has 0 aromatic carbocycles. The van der Waals surface area contributed by atoms with Crippen molar-refractivity contribution in [3.05, 3.63) is 51.8 Å². The number of fused-ring (bicyclic) bond motifs is 2. The van der Waals surface area contributed by atoms with Crippen molar-refractivity contribution in [2.75, 3.05) is 18.0 Å². The molecule has 0 unspecified atom stereocenters. The van der Waals surface area contributed by atoms with E-state index in [0.717, 1.165) is 66.3 Å². The van der Waals surface area contributed by atoms with Crippen LogP contribution in [-0.2, 0) is 19.4 Å². The van der Waals surface area contributed by atoms with Gasteiger partial charge in [-0.1, -0.05) is 0 Å². The van der Waals surface area contributed by atoms with Crippen LogP contribution < -0.4 is 10.5 Å². The van der Waals surface area contributed by atoms with Crippen molar-refractivity contribution in [3.63, 3.8) is 0 Å². The van der Waals surface area contributed by atoms with Crippen LogP contribution in [0.15, 0.2) is 29.2 Å². The van der Waals surface area contributed by atoms with Gasteiger partial charge < -0.3 is 4.90 Å². The second-order valence-corrected chi connectivity index (χ2v) is 7.58. The lowest BCUT2D eigenvalue weighted by atomic mass is 9.96. The summed E-state index contributed by atoms with van der Waals surface area (Å²) in [7, 11) is 0. The van der Waals surface area contributed by atoms with E-state index in [1.54, 1.807) is 16.9 Å². The van der Waals surface area contributed by atoms with Crippen molar-refractivity contribution in [3.8, 4) is 0 Å². The molecule has 4 heterocycles. The Morgan fingerprint density at radius 2 is 2.04 bits per heavy atom. The molecule has 0 amide bonds. The summed E-state index contributed by atoms with van der Waals surface area (Å²) in [6, 6.07) is 5.73. The van der Waals surface area contributed by atoms with Crippen LogP contribution in [0.25, 0.3) is 11.0 Å². The molecule has 27 heavy (non-hydrogen) atoms. The van der Waals surface area contributed by atoms with Crippen LogP contribution in [-0.4, -0.2) is 37.8 Å². The molecule has 138 valence electrons. The predicted octanol–water partition coefficient (Wildman–Crippen LogP) is 1.91. The zero-order valence-corrected chi connectivity index (χ0v) is 15.4. The van der Waals surface area contributed by atoms with Crippen LogP contribution in [0.5, 0.6) is 0 Å². The van der Waals surface area contributed by atoms with Gasteiger partial charge in [-0.25, -0.2) is 19.6 Å². The number of aryl methyl sites for hydroxylation is 3. The maximum absolute atomic E-state index is 12.4. The lowest BCUT2D eigenvalue weighted by Gasteiger charge is -2.40. The molecule has 1 fully saturated rings. The molecule has 0 N–H and O–H groups in total. The molecule has 3 aromatic heterocycles. The van der Waals surface area contributed by atoms with E-state index in [1.807, 2.05) is 19.1 Å². The SMILES string of the molecule is Cc1nc(N2CC(Cn3nc4c(cc3=O)CCCC4)C2)c2cccnc2n1. The number of nitrogens with zero attached hydrogens (tertiary/aromatic N) is 6. The fourth-order valence-electron chi connectivity index (χ4n) is 4.13. The topological polar surface area (TPSA) is 76.8 Å².